The molecule has 25 heavy (non-hydrogen) atoms. The molecule has 0 aliphatic rings. The van der Waals surface area contributed by atoms with E-state index in [9.17, 15) is 14.4 Å². The Morgan fingerprint density at radius 1 is 1.12 bits per heavy atom. The molecule has 1 atom stereocenters. The first kappa shape index (κ1) is 21.2. The van der Waals surface area contributed by atoms with Gasteiger partial charge in [-0.05, 0) is 56.4 Å². The van der Waals surface area contributed by atoms with E-state index in [1.807, 2.05) is 19.1 Å². The fourth-order valence-electron chi connectivity index (χ4n) is 2.49. The number of benzene rings is 1. The van der Waals surface area contributed by atoms with E-state index in [0.717, 1.165) is 31.2 Å². The van der Waals surface area contributed by atoms with Crippen molar-refractivity contribution in [3.63, 3.8) is 0 Å². The molecule has 5 nitrogen and oxygen atoms in total. The van der Waals surface area contributed by atoms with Gasteiger partial charge in [-0.3, -0.25) is 9.59 Å². The number of ketones is 1. The van der Waals surface area contributed by atoms with Crippen LogP contribution in [0.5, 0.6) is 0 Å². The number of unbranched alkanes of at least 4 members (excludes halogenated alkanes) is 2. The topological polar surface area (TPSA) is 89.3 Å². The second-order valence-corrected chi connectivity index (χ2v) is 6.94. The number of Topliss-reactive ketones (excluding diaryl/α,β-unsaturated/α-hetero) is 1. The lowest BCUT2D eigenvalue weighted by atomic mass is 10.0. The van der Waals surface area contributed by atoms with Crippen LogP contribution in [0.3, 0.4) is 0 Å². The highest BCUT2D eigenvalue weighted by Gasteiger charge is 2.14. The second kappa shape index (κ2) is 10.9. The van der Waals surface area contributed by atoms with Gasteiger partial charge in [0.25, 0.3) is 0 Å². The number of primary amides is 1. The van der Waals surface area contributed by atoms with E-state index in [-0.39, 0.29) is 23.5 Å². The average molecular weight is 367 g/mol. The van der Waals surface area contributed by atoms with E-state index in [1.54, 1.807) is 6.07 Å². The van der Waals surface area contributed by atoms with E-state index in [1.165, 1.54) is 6.92 Å². The first-order chi connectivity index (χ1) is 11.8. The van der Waals surface area contributed by atoms with E-state index >= 15 is 0 Å². The van der Waals surface area contributed by atoms with Crippen molar-refractivity contribution in [3.05, 3.63) is 28.8 Å². The highest BCUT2D eigenvalue weighted by atomic mass is 35.5. The second-order valence-electron chi connectivity index (χ2n) is 6.51. The number of amides is 2. The van der Waals surface area contributed by atoms with Crippen LogP contribution in [-0.4, -0.2) is 17.6 Å². The summed E-state index contributed by atoms with van der Waals surface area (Å²) in [5.41, 5.74) is 6.83. The van der Waals surface area contributed by atoms with Crippen molar-refractivity contribution < 1.29 is 14.4 Å². The normalized spacial score (nSPS) is 11.8. The van der Waals surface area contributed by atoms with Gasteiger partial charge >= 0.3 is 0 Å². The zero-order chi connectivity index (χ0) is 18.8. The van der Waals surface area contributed by atoms with E-state index in [2.05, 4.69) is 5.32 Å². The molecular weight excluding hydrogens is 340 g/mol. The number of carbonyl (C=O) groups is 3. The van der Waals surface area contributed by atoms with Crippen LogP contribution < -0.4 is 11.1 Å². The minimum atomic E-state index is -0.272. The molecule has 0 radical (unpaired) electrons. The van der Waals surface area contributed by atoms with Crippen LogP contribution in [0.2, 0.25) is 5.02 Å². The fraction of sp³-hybridized carbons (Fsp3) is 0.526. The third kappa shape index (κ3) is 9.25. The van der Waals surface area contributed by atoms with Gasteiger partial charge < -0.3 is 15.8 Å². The molecule has 0 spiro atoms. The zero-order valence-corrected chi connectivity index (χ0v) is 15.7. The van der Waals surface area contributed by atoms with E-state index < -0.39 is 0 Å². The first-order valence-electron chi connectivity index (χ1n) is 8.66. The third-order valence-corrected chi connectivity index (χ3v) is 4.21. The van der Waals surface area contributed by atoms with Gasteiger partial charge in [0.2, 0.25) is 11.8 Å². The predicted octanol–water partition coefficient (Wildman–Crippen LogP) is 3.87. The van der Waals surface area contributed by atoms with E-state index in [4.69, 9.17) is 17.3 Å². The van der Waals surface area contributed by atoms with Crippen molar-refractivity contribution in [2.24, 2.45) is 11.7 Å². The number of nitrogens with one attached hydrogen (secondary N) is 1. The standard InChI is InChI=1S/C19H27ClN2O3/c1-13(8-9-14(2)23)19(25)22-17-11-15(10-16(20)12-17)6-4-3-5-7-18(21)24/h10-13H,3-9H2,1-2H3,(H2,21,24)(H,22,25)/t13-/m0/s1. The van der Waals surface area contributed by atoms with Gasteiger partial charge in [0.15, 0.2) is 0 Å². The molecule has 0 saturated carbocycles. The average Bonchev–Trinajstić information content (AvgIpc) is 2.51. The number of rotatable bonds is 11. The van der Waals surface area contributed by atoms with Gasteiger partial charge in [-0.2, -0.15) is 0 Å². The maximum atomic E-state index is 12.2. The zero-order valence-electron chi connectivity index (χ0n) is 14.9. The molecule has 0 saturated heterocycles. The number of carbonyl (C=O) groups excluding carboxylic acids is 3. The van der Waals surface area contributed by atoms with Crippen LogP contribution in [0.25, 0.3) is 0 Å². The largest absolute Gasteiger partial charge is 0.370 e. The monoisotopic (exact) mass is 366 g/mol. The molecule has 0 aliphatic carbocycles. The highest BCUT2D eigenvalue weighted by Crippen LogP contribution is 2.22. The van der Waals surface area contributed by atoms with Crippen molar-refractivity contribution in [1.29, 1.82) is 0 Å². The molecule has 6 heteroatoms. The summed E-state index contributed by atoms with van der Waals surface area (Å²) in [7, 11) is 0. The van der Waals surface area contributed by atoms with Crippen molar-refractivity contribution >= 4 is 34.9 Å². The number of aryl methyl sites for hydroxylation is 1. The van der Waals surface area contributed by atoms with Crippen LogP contribution in [-0.2, 0) is 20.8 Å². The molecule has 138 valence electrons. The number of halogens is 1. The van der Waals surface area contributed by atoms with Crippen molar-refractivity contribution in [2.45, 2.75) is 58.8 Å². The summed E-state index contributed by atoms with van der Waals surface area (Å²) in [6.45, 7) is 3.33. The van der Waals surface area contributed by atoms with Gasteiger partial charge in [0, 0.05) is 29.5 Å². The summed E-state index contributed by atoms with van der Waals surface area (Å²) in [5.74, 6) is -0.538. The Labute approximate surface area is 154 Å². The molecule has 0 fully saturated rings. The molecule has 1 aromatic rings. The van der Waals surface area contributed by atoms with Gasteiger partial charge in [0.1, 0.15) is 5.78 Å². The lowest BCUT2D eigenvalue weighted by Crippen LogP contribution is -2.21. The third-order valence-electron chi connectivity index (χ3n) is 3.99. The number of nitrogens with two attached hydrogens (primary N) is 1. The highest BCUT2D eigenvalue weighted by molar-refractivity contribution is 6.31. The van der Waals surface area contributed by atoms with Crippen LogP contribution in [0.15, 0.2) is 18.2 Å². The van der Waals surface area contributed by atoms with Crippen LogP contribution >= 0.6 is 11.6 Å². The molecule has 0 aliphatic heterocycles. The van der Waals surface area contributed by atoms with Crippen LogP contribution in [0, 0.1) is 5.92 Å². The fourth-order valence-corrected chi connectivity index (χ4v) is 2.75. The van der Waals surface area contributed by atoms with Crippen LogP contribution in [0.1, 0.15) is 57.9 Å². The van der Waals surface area contributed by atoms with Gasteiger partial charge in [0.05, 0.1) is 0 Å². The van der Waals surface area contributed by atoms with Crippen molar-refractivity contribution in [1.82, 2.24) is 0 Å². The van der Waals surface area contributed by atoms with Crippen molar-refractivity contribution in [3.8, 4) is 0 Å². The minimum Gasteiger partial charge on any atom is -0.370 e. The Hall–Kier alpha value is -1.88. The maximum Gasteiger partial charge on any atom is 0.227 e. The summed E-state index contributed by atoms with van der Waals surface area (Å²) >= 11 is 6.14. The predicted molar refractivity (Wildman–Crippen MR) is 101 cm³/mol. The molecule has 1 aromatic carbocycles. The quantitative estimate of drug-likeness (QED) is 0.582. The first-order valence-corrected chi connectivity index (χ1v) is 9.03. The summed E-state index contributed by atoms with van der Waals surface area (Å²) in [6, 6.07) is 5.51. The Morgan fingerprint density at radius 2 is 1.84 bits per heavy atom. The molecule has 0 bridgehead atoms. The molecule has 1 rings (SSSR count). The summed E-state index contributed by atoms with van der Waals surface area (Å²) in [4.78, 5) is 33.9. The van der Waals surface area contributed by atoms with E-state index in [0.29, 0.717) is 30.0 Å². The Bertz CT molecular complexity index is 617. The molecule has 0 aromatic heterocycles. The summed E-state index contributed by atoms with van der Waals surface area (Å²) in [5, 5.41) is 3.44. The van der Waals surface area contributed by atoms with Gasteiger partial charge in [-0.1, -0.05) is 24.9 Å². The number of hydrogen-bond donors (Lipinski definition) is 2. The SMILES string of the molecule is CC(=O)CC[C@H](C)C(=O)Nc1cc(Cl)cc(CCCCCC(N)=O)c1. The molecule has 0 unspecified atom stereocenters. The molecule has 2 amide bonds. The maximum absolute atomic E-state index is 12.2. The minimum absolute atomic E-state index is 0.0843. The number of anilines is 1. The van der Waals surface area contributed by atoms with Gasteiger partial charge in [-0.25, -0.2) is 0 Å². The molecule has 3 N–H and O–H groups in total. The smallest absolute Gasteiger partial charge is 0.227 e. The summed E-state index contributed by atoms with van der Waals surface area (Å²) < 4.78 is 0. The lowest BCUT2D eigenvalue weighted by Gasteiger charge is -2.13. The lowest BCUT2D eigenvalue weighted by molar-refractivity contribution is -0.120. The molecule has 0 heterocycles. The Balaban J connectivity index is 2.54. The number of hydrogen-bond acceptors (Lipinski definition) is 3. The Morgan fingerprint density at radius 3 is 2.48 bits per heavy atom. The Kier molecular flexibility index (Phi) is 9.21. The van der Waals surface area contributed by atoms with Crippen LogP contribution in [0.4, 0.5) is 5.69 Å². The van der Waals surface area contributed by atoms with Crippen molar-refractivity contribution in [2.75, 3.05) is 5.32 Å². The summed E-state index contributed by atoms with van der Waals surface area (Å²) in [6.07, 6.45) is 4.80. The van der Waals surface area contributed by atoms with Gasteiger partial charge in [-0.15, -0.1) is 0 Å². The molecular formula is C19H27ClN2O3.